The van der Waals surface area contributed by atoms with E-state index in [1.807, 2.05) is 12.2 Å². The molecule has 2 heteroatoms. The van der Waals surface area contributed by atoms with Crippen molar-refractivity contribution in [1.29, 1.82) is 0 Å². The van der Waals surface area contributed by atoms with Crippen molar-refractivity contribution in [2.75, 3.05) is 0 Å². The van der Waals surface area contributed by atoms with Crippen LogP contribution in [0.4, 0.5) is 0 Å². The maximum Gasteiger partial charge on any atom is 0.0548 e. The van der Waals surface area contributed by atoms with Gasteiger partial charge in [0.15, 0.2) is 0 Å². The number of nitrogens with zero attached hydrogens (tertiary/aromatic N) is 2. The quantitative estimate of drug-likeness (QED) is 0.138. The van der Waals surface area contributed by atoms with Crippen LogP contribution in [0.15, 0.2) is 219 Å². The molecule has 0 saturated heterocycles. The molecule has 2 nitrogen and oxygen atoms in total. The third-order valence-corrected chi connectivity index (χ3v) is 11.2. The van der Waals surface area contributed by atoms with E-state index in [1.54, 1.807) is 0 Å². The van der Waals surface area contributed by atoms with Gasteiger partial charge in [-0.3, -0.25) is 0 Å². The Balaban J connectivity index is 1.28. The molecule has 2 heterocycles. The largest absolute Gasteiger partial charge is 0.309 e. The summed E-state index contributed by atoms with van der Waals surface area (Å²) in [6.07, 6.45) is 8.16. The number of fused-ring (bicyclic) bond motifs is 7. The topological polar surface area (TPSA) is 9.86 Å². The first kappa shape index (κ1) is 34.1. The van der Waals surface area contributed by atoms with Gasteiger partial charge in [-0.25, -0.2) is 0 Å². The Kier molecular flexibility index (Phi) is 8.58. The lowest BCUT2D eigenvalue weighted by Crippen LogP contribution is -1.97. The summed E-state index contributed by atoms with van der Waals surface area (Å²) in [7, 11) is 0. The van der Waals surface area contributed by atoms with Gasteiger partial charge in [-0.05, 0) is 112 Å². The Labute approximate surface area is 333 Å². The third kappa shape index (κ3) is 5.91. The van der Waals surface area contributed by atoms with E-state index in [2.05, 4.69) is 223 Å². The first-order chi connectivity index (χ1) is 28.2. The zero-order valence-electron chi connectivity index (χ0n) is 31.8. The number of aromatic nitrogens is 2. The van der Waals surface area contributed by atoms with Crippen molar-refractivity contribution in [1.82, 2.24) is 9.13 Å². The molecule has 0 bridgehead atoms. The Morgan fingerprint density at radius 1 is 0.421 bits per heavy atom. The normalized spacial score (nSPS) is 12.1. The van der Waals surface area contributed by atoms with Gasteiger partial charge in [0.1, 0.15) is 0 Å². The van der Waals surface area contributed by atoms with Crippen LogP contribution >= 0.6 is 0 Å². The predicted molar refractivity (Wildman–Crippen MR) is 244 cm³/mol. The molecule has 0 aliphatic carbocycles. The minimum atomic E-state index is 1.12. The number of para-hydroxylation sites is 2. The average Bonchev–Trinajstić information content (AvgIpc) is 3.80. The van der Waals surface area contributed by atoms with E-state index in [9.17, 15) is 0 Å². The van der Waals surface area contributed by atoms with Gasteiger partial charge >= 0.3 is 0 Å². The average molecular weight is 729 g/mol. The fourth-order valence-corrected chi connectivity index (χ4v) is 8.64. The molecule has 10 aromatic rings. The van der Waals surface area contributed by atoms with Crippen LogP contribution in [0.5, 0.6) is 0 Å². The molecule has 0 atom stereocenters. The summed E-state index contributed by atoms with van der Waals surface area (Å²) in [6.45, 7) is 6.04. The maximum atomic E-state index is 3.94. The Morgan fingerprint density at radius 2 is 0.842 bits per heavy atom. The van der Waals surface area contributed by atoms with Gasteiger partial charge < -0.3 is 9.13 Å². The van der Waals surface area contributed by atoms with Crippen LogP contribution < -0.4 is 0 Å². The van der Waals surface area contributed by atoms with E-state index < -0.39 is 0 Å². The first-order valence-corrected chi connectivity index (χ1v) is 19.6. The van der Waals surface area contributed by atoms with Crippen molar-refractivity contribution < 1.29 is 0 Å². The number of rotatable bonds is 8. The summed E-state index contributed by atoms with van der Waals surface area (Å²) in [6, 6.07) is 68.5. The molecule has 0 N–H and O–H groups in total. The van der Waals surface area contributed by atoms with Crippen LogP contribution in [0, 0.1) is 0 Å². The summed E-state index contributed by atoms with van der Waals surface area (Å²) in [5, 5.41) is 4.97. The van der Waals surface area contributed by atoms with Crippen molar-refractivity contribution in [3.63, 3.8) is 0 Å². The summed E-state index contributed by atoms with van der Waals surface area (Å²) < 4.78 is 4.92. The van der Waals surface area contributed by atoms with Crippen molar-refractivity contribution in [3.8, 4) is 44.8 Å². The van der Waals surface area contributed by atoms with Crippen LogP contribution in [0.1, 0.15) is 12.5 Å². The Morgan fingerprint density at radius 3 is 1.30 bits per heavy atom. The zero-order valence-corrected chi connectivity index (χ0v) is 31.8. The first-order valence-electron chi connectivity index (χ1n) is 19.6. The second kappa shape index (κ2) is 14.3. The smallest absolute Gasteiger partial charge is 0.0548 e. The van der Waals surface area contributed by atoms with Gasteiger partial charge in [-0.2, -0.15) is 0 Å². The Hall–Kier alpha value is -7.42. The van der Waals surface area contributed by atoms with Crippen molar-refractivity contribution in [2.45, 2.75) is 6.92 Å². The second-order valence-electron chi connectivity index (χ2n) is 14.5. The van der Waals surface area contributed by atoms with Crippen molar-refractivity contribution in [2.24, 2.45) is 0 Å². The molecular weight excluding hydrogens is 689 g/mol. The zero-order chi connectivity index (χ0) is 38.3. The van der Waals surface area contributed by atoms with Gasteiger partial charge in [0.2, 0.25) is 0 Å². The minimum absolute atomic E-state index is 1.12. The van der Waals surface area contributed by atoms with Crippen LogP contribution in [-0.2, 0) is 0 Å². The molecule has 0 aliphatic heterocycles. The summed E-state index contributed by atoms with van der Waals surface area (Å²) in [5.74, 6) is 0. The standard InChI is InChI=1S/C55H40N2/c1-3-5-19-38(4-2)42-32-43(39-20-9-6-10-21-39)35-46(34-42)56-50-28-17-15-26-48(50)54-52(56)30-31-53-55(54)49-27-16-18-29-51(49)57(53)47-36-44(40-22-11-7-12-23-40)33-45(37-47)41-24-13-8-14-25-41/h3-37H,1H2,2H3/b19-5-,38-4+. The molecule has 270 valence electrons. The van der Waals surface area contributed by atoms with Crippen LogP contribution in [0.25, 0.3) is 93.9 Å². The highest BCUT2D eigenvalue weighted by Gasteiger charge is 2.22. The Bertz CT molecular complexity index is 3120. The molecule has 0 fully saturated rings. The number of hydrogen-bond acceptors (Lipinski definition) is 0. The summed E-state index contributed by atoms with van der Waals surface area (Å²) >= 11 is 0. The van der Waals surface area contributed by atoms with Crippen molar-refractivity contribution >= 4 is 49.2 Å². The van der Waals surface area contributed by atoms with Crippen LogP contribution in [0.3, 0.4) is 0 Å². The molecule has 0 radical (unpaired) electrons. The highest BCUT2D eigenvalue weighted by atomic mass is 15.0. The van der Waals surface area contributed by atoms with E-state index >= 15 is 0 Å². The van der Waals surface area contributed by atoms with E-state index in [1.165, 1.54) is 77.0 Å². The van der Waals surface area contributed by atoms with E-state index in [0.29, 0.717) is 0 Å². The van der Waals surface area contributed by atoms with Gasteiger partial charge in [-0.15, -0.1) is 0 Å². The highest BCUT2D eigenvalue weighted by molar-refractivity contribution is 6.29. The molecule has 0 aliphatic rings. The molecular formula is C55H40N2. The number of benzene rings is 8. The lowest BCUT2D eigenvalue weighted by atomic mass is 9.97. The molecule has 10 rings (SSSR count). The summed E-state index contributed by atoms with van der Waals surface area (Å²) in [5.41, 5.74) is 16.4. The molecule has 2 aromatic heterocycles. The van der Waals surface area contributed by atoms with Crippen molar-refractivity contribution in [3.05, 3.63) is 225 Å². The van der Waals surface area contributed by atoms with E-state index in [0.717, 1.165) is 22.5 Å². The third-order valence-electron chi connectivity index (χ3n) is 11.2. The SMILES string of the molecule is C=C/C=C\C(=C/C)c1cc(-c2ccccc2)cc(-n2c3ccccc3c3c4c5ccccc5n(-c5cc(-c6ccccc6)cc(-c6ccccc6)c5)c4ccc32)c1. The molecule has 8 aromatic carbocycles. The second-order valence-corrected chi connectivity index (χ2v) is 14.5. The van der Waals surface area contributed by atoms with Gasteiger partial charge in [0, 0.05) is 32.9 Å². The van der Waals surface area contributed by atoms with Crippen LogP contribution in [0.2, 0.25) is 0 Å². The van der Waals surface area contributed by atoms with Crippen LogP contribution in [-0.4, -0.2) is 9.13 Å². The fraction of sp³-hybridized carbons (Fsp3) is 0.0182. The maximum absolute atomic E-state index is 3.94. The fourth-order valence-electron chi connectivity index (χ4n) is 8.64. The molecule has 0 saturated carbocycles. The van der Waals surface area contributed by atoms with Gasteiger partial charge in [0.25, 0.3) is 0 Å². The summed E-state index contributed by atoms with van der Waals surface area (Å²) in [4.78, 5) is 0. The monoisotopic (exact) mass is 728 g/mol. The van der Waals surface area contributed by atoms with E-state index in [4.69, 9.17) is 0 Å². The lowest BCUT2D eigenvalue weighted by Gasteiger charge is -2.15. The predicted octanol–water partition coefficient (Wildman–Crippen LogP) is 15.0. The minimum Gasteiger partial charge on any atom is -0.309 e. The van der Waals surface area contributed by atoms with Gasteiger partial charge in [-0.1, -0.05) is 158 Å². The van der Waals surface area contributed by atoms with Gasteiger partial charge in [0.05, 0.1) is 22.1 Å². The number of hydrogen-bond donors (Lipinski definition) is 0. The lowest BCUT2D eigenvalue weighted by molar-refractivity contribution is 1.17. The number of allylic oxidation sites excluding steroid dienone is 5. The van der Waals surface area contributed by atoms with E-state index in [-0.39, 0.29) is 0 Å². The molecule has 0 spiro atoms. The molecule has 0 amide bonds. The molecule has 57 heavy (non-hydrogen) atoms. The highest BCUT2D eigenvalue weighted by Crippen LogP contribution is 2.44. The molecule has 0 unspecified atom stereocenters.